The Hall–Kier alpha value is -1.48. The van der Waals surface area contributed by atoms with Crippen molar-refractivity contribution in [3.8, 4) is 12.1 Å². The molecule has 98 valence electrons. The van der Waals surface area contributed by atoms with Gasteiger partial charge in [0.1, 0.15) is 22.5 Å². The molecule has 19 heavy (non-hydrogen) atoms. The van der Waals surface area contributed by atoms with Gasteiger partial charge in [-0.25, -0.2) is 0 Å². The Morgan fingerprint density at radius 1 is 0.947 bits per heavy atom. The molecule has 0 atom stereocenters. The highest BCUT2D eigenvalue weighted by Crippen LogP contribution is 2.36. The van der Waals surface area contributed by atoms with Crippen LogP contribution in [0.4, 0.5) is 0 Å². The van der Waals surface area contributed by atoms with E-state index in [9.17, 15) is 0 Å². The van der Waals surface area contributed by atoms with Gasteiger partial charge >= 0.3 is 0 Å². The smallest absolute Gasteiger partial charge is 0.133 e. The van der Waals surface area contributed by atoms with Crippen LogP contribution in [0.1, 0.15) is 38.2 Å². The van der Waals surface area contributed by atoms with E-state index < -0.39 is 4.84 Å². The van der Waals surface area contributed by atoms with Gasteiger partial charge in [-0.2, -0.15) is 10.5 Å². The number of halogens is 2. The lowest BCUT2D eigenvalue weighted by Gasteiger charge is -2.19. The molecule has 0 saturated heterocycles. The fourth-order valence-electron chi connectivity index (χ4n) is 2.15. The molecule has 2 nitrogen and oxygen atoms in total. The average molecular weight is 293 g/mol. The summed E-state index contributed by atoms with van der Waals surface area (Å²) in [5, 5.41) is 17.7. The topological polar surface area (TPSA) is 47.6 Å². The summed E-state index contributed by atoms with van der Waals surface area (Å²) in [6.07, 6.45) is 1.62. The molecule has 0 aliphatic rings. The molecule has 0 aliphatic carbocycles. The highest BCUT2D eigenvalue weighted by atomic mass is 35.5. The summed E-state index contributed by atoms with van der Waals surface area (Å²) < 4.78 is 0. The zero-order valence-electron chi connectivity index (χ0n) is 11.3. The minimum absolute atomic E-state index is 0.0889. The summed E-state index contributed by atoms with van der Waals surface area (Å²) in [5.41, 5.74) is 5.88. The Morgan fingerprint density at radius 3 is 1.68 bits per heavy atom. The Bertz CT molecular complexity index is 584. The minimum atomic E-state index is -0.582. The molecule has 0 fully saturated rings. The van der Waals surface area contributed by atoms with Crippen LogP contribution in [-0.4, -0.2) is 0 Å². The first-order valence-electron chi connectivity index (χ1n) is 5.75. The van der Waals surface area contributed by atoms with Crippen molar-refractivity contribution in [3.63, 3.8) is 0 Å². The molecule has 0 radical (unpaired) electrons. The summed E-state index contributed by atoms with van der Waals surface area (Å²) in [7, 11) is 0. The Morgan fingerprint density at radius 2 is 1.37 bits per heavy atom. The second-order valence-electron chi connectivity index (χ2n) is 4.41. The third kappa shape index (κ3) is 2.92. The number of nitrogens with zero attached hydrogens (tertiary/aromatic N) is 2. The zero-order chi connectivity index (χ0) is 14.7. The van der Waals surface area contributed by atoms with E-state index in [4.69, 9.17) is 33.7 Å². The second kappa shape index (κ2) is 6.11. The van der Waals surface area contributed by atoms with Crippen molar-refractivity contribution in [2.75, 3.05) is 0 Å². The summed E-state index contributed by atoms with van der Waals surface area (Å²) in [6.45, 7) is 7.79. The third-order valence-electron chi connectivity index (χ3n) is 3.49. The maximum absolute atomic E-state index is 8.87. The number of nitriles is 2. The van der Waals surface area contributed by atoms with Crippen LogP contribution in [-0.2, 0) is 0 Å². The number of hydrogen-bond donors (Lipinski definition) is 0. The van der Waals surface area contributed by atoms with E-state index in [0.29, 0.717) is 0 Å². The first-order valence-corrected chi connectivity index (χ1v) is 6.62. The van der Waals surface area contributed by atoms with E-state index in [2.05, 4.69) is 0 Å². The molecule has 1 aromatic carbocycles. The fraction of sp³-hybridized carbons (Fsp3) is 0.333. The van der Waals surface area contributed by atoms with Crippen molar-refractivity contribution >= 4 is 29.3 Å². The van der Waals surface area contributed by atoms with E-state index in [1.165, 1.54) is 0 Å². The molecule has 0 N–H and O–H groups in total. The van der Waals surface area contributed by atoms with Gasteiger partial charge < -0.3 is 0 Å². The average Bonchev–Trinajstić information content (AvgIpc) is 2.37. The standard InChI is InChI=1S/C15H14Cl2N2/c1-8-10(3)14(15(16)17)11(4)9(2)13(8)5-12(6-18)7-19/h5,15H,1-4H3. The number of alkyl halides is 2. The maximum Gasteiger partial charge on any atom is 0.133 e. The summed E-state index contributed by atoms with van der Waals surface area (Å²) in [4.78, 5) is -0.582. The van der Waals surface area contributed by atoms with Gasteiger partial charge in [0, 0.05) is 0 Å². The van der Waals surface area contributed by atoms with Crippen molar-refractivity contribution in [2.45, 2.75) is 32.5 Å². The Kier molecular flexibility index (Phi) is 5.01. The lowest BCUT2D eigenvalue weighted by Crippen LogP contribution is -2.02. The maximum atomic E-state index is 8.87. The molecule has 1 aromatic rings. The first kappa shape index (κ1) is 15.6. The van der Waals surface area contributed by atoms with Crippen LogP contribution in [0.5, 0.6) is 0 Å². The van der Waals surface area contributed by atoms with E-state index in [0.717, 1.165) is 33.4 Å². The molecule has 0 heterocycles. The van der Waals surface area contributed by atoms with Crippen LogP contribution in [0.2, 0.25) is 0 Å². The number of hydrogen-bond acceptors (Lipinski definition) is 2. The van der Waals surface area contributed by atoms with Crippen LogP contribution in [0.25, 0.3) is 6.08 Å². The second-order valence-corrected chi connectivity index (χ2v) is 5.51. The van der Waals surface area contributed by atoms with Crippen molar-refractivity contribution < 1.29 is 0 Å². The Labute approximate surface area is 123 Å². The van der Waals surface area contributed by atoms with Crippen molar-refractivity contribution in [3.05, 3.63) is 39.0 Å². The summed E-state index contributed by atoms with van der Waals surface area (Å²) >= 11 is 12.0. The van der Waals surface area contributed by atoms with Crippen LogP contribution < -0.4 is 0 Å². The lowest BCUT2D eigenvalue weighted by molar-refractivity contribution is 1.13. The summed E-state index contributed by atoms with van der Waals surface area (Å²) in [5.74, 6) is 0. The van der Waals surface area contributed by atoms with Gasteiger partial charge in [-0.3, -0.25) is 0 Å². The molecule has 0 saturated carbocycles. The highest BCUT2D eigenvalue weighted by Gasteiger charge is 2.18. The number of rotatable bonds is 2. The third-order valence-corrected chi connectivity index (χ3v) is 3.93. The molecular weight excluding hydrogens is 279 g/mol. The van der Waals surface area contributed by atoms with Crippen LogP contribution in [0, 0.1) is 50.4 Å². The fourth-order valence-corrected chi connectivity index (χ4v) is 2.80. The number of allylic oxidation sites excluding steroid dienone is 1. The van der Waals surface area contributed by atoms with Gasteiger partial charge in [-0.05, 0) is 67.2 Å². The van der Waals surface area contributed by atoms with Crippen molar-refractivity contribution in [1.29, 1.82) is 10.5 Å². The molecule has 1 rings (SSSR count). The van der Waals surface area contributed by atoms with Crippen LogP contribution >= 0.6 is 23.2 Å². The van der Waals surface area contributed by atoms with Crippen molar-refractivity contribution in [1.82, 2.24) is 0 Å². The van der Waals surface area contributed by atoms with E-state index >= 15 is 0 Å². The summed E-state index contributed by atoms with van der Waals surface area (Å²) in [6, 6.07) is 3.76. The normalized spacial score (nSPS) is 9.95. The van der Waals surface area contributed by atoms with Gasteiger partial charge in [-0.15, -0.1) is 23.2 Å². The minimum Gasteiger partial charge on any atom is -0.192 e. The van der Waals surface area contributed by atoms with E-state index in [1.807, 2.05) is 39.8 Å². The largest absolute Gasteiger partial charge is 0.192 e. The van der Waals surface area contributed by atoms with Gasteiger partial charge in [-0.1, -0.05) is 0 Å². The molecule has 0 aliphatic heterocycles. The molecule has 0 unspecified atom stereocenters. The predicted octanol–water partition coefficient (Wildman–Crippen LogP) is 4.83. The van der Waals surface area contributed by atoms with Crippen LogP contribution in [0.3, 0.4) is 0 Å². The van der Waals surface area contributed by atoms with Gasteiger partial charge in [0.2, 0.25) is 0 Å². The predicted molar refractivity (Wildman–Crippen MR) is 79.0 cm³/mol. The molecular formula is C15H14Cl2N2. The highest BCUT2D eigenvalue weighted by molar-refractivity contribution is 6.44. The SMILES string of the molecule is Cc1c(C)c(C(Cl)Cl)c(C)c(C)c1C=C(C#N)C#N. The lowest BCUT2D eigenvalue weighted by atomic mass is 9.88. The molecule has 0 bridgehead atoms. The van der Waals surface area contributed by atoms with Crippen molar-refractivity contribution in [2.24, 2.45) is 0 Å². The molecule has 4 heteroatoms. The number of benzene rings is 1. The molecule has 0 aromatic heterocycles. The molecule has 0 spiro atoms. The molecule has 0 amide bonds. The monoisotopic (exact) mass is 292 g/mol. The van der Waals surface area contributed by atoms with E-state index in [1.54, 1.807) is 6.08 Å². The van der Waals surface area contributed by atoms with Gasteiger partial charge in [0.05, 0.1) is 0 Å². The van der Waals surface area contributed by atoms with Gasteiger partial charge in [0.15, 0.2) is 0 Å². The van der Waals surface area contributed by atoms with E-state index in [-0.39, 0.29) is 5.57 Å². The zero-order valence-corrected chi connectivity index (χ0v) is 12.8. The van der Waals surface area contributed by atoms with Gasteiger partial charge in [0.25, 0.3) is 0 Å². The van der Waals surface area contributed by atoms with Crippen LogP contribution in [0.15, 0.2) is 5.57 Å². The Balaban J connectivity index is 3.69. The quantitative estimate of drug-likeness (QED) is 0.579. The first-order chi connectivity index (χ1) is 8.84.